The van der Waals surface area contributed by atoms with Gasteiger partial charge in [-0.2, -0.15) is 0 Å². The summed E-state index contributed by atoms with van der Waals surface area (Å²) < 4.78 is 0. The second kappa shape index (κ2) is 7.03. The van der Waals surface area contributed by atoms with Gasteiger partial charge in [0.1, 0.15) is 5.69 Å². The topological polar surface area (TPSA) is 114 Å². The lowest BCUT2D eigenvalue weighted by Gasteiger charge is -2.19. The maximum atomic E-state index is 12.5. The molecule has 0 aliphatic carbocycles. The lowest BCUT2D eigenvalue weighted by molar-refractivity contribution is 0.102. The Hall–Kier alpha value is -3.48. The number of aromatic amines is 1. The Morgan fingerprint density at radius 2 is 1.85 bits per heavy atom. The molecule has 0 radical (unpaired) electrons. The third-order valence-electron chi connectivity index (χ3n) is 4.13. The Morgan fingerprint density at radius 1 is 1.15 bits per heavy atom. The Bertz CT molecular complexity index is 1030. The minimum Gasteiger partial charge on any atom is -0.368 e. The monoisotopic (exact) mass is 363 g/mol. The second-order valence-electron chi connectivity index (χ2n) is 7.21. The number of H-pyrrole nitrogens is 1. The summed E-state index contributed by atoms with van der Waals surface area (Å²) in [4.78, 5) is 35.2. The zero-order valence-corrected chi connectivity index (χ0v) is 15.4. The van der Waals surface area contributed by atoms with Gasteiger partial charge in [0, 0.05) is 23.5 Å². The van der Waals surface area contributed by atoms with E-state index in [1.165, 1.54) is 12.4 Å². The number of nitrogen functional groups attached to an aromatic ring is 1. The van der Waals surface area contributed by atoms with Gasteiger partial charge >= 0.3 is 0 Å². The molecule has 0 spiro atoms. The van der Waals surface area contributed by atoms with Crippen LogP contribution in [0.25, 0.3) is 11.3 Å². The number of hydrogen-bond acceptors (Lipinski definition) is 5. The Kier molecular flexibility index (Phi) is 4.77. The van der Waals surface area contributed by atoms with E-state index in [1.54, 1.807) is 24.3 Å². The first-order valence-corrected chi connectivity index (χ1v) is 8.47. The first-order valence-electron chi connectivity index (χ1n) is 8.47. The van der Waals surface area contributed by atoms with E-state index in [4.69, 9.17) is 5.73 Å². The van der Waals surface area contributed by atoms with Crippen LogP contribution in [0.5, 0.6) is 0 Å². The number of nitrogens with two attached hydrogens (primary N) is 1. The molecule has 27 heavy (non-hydrogen) atoms. The summed E-state index contributed by atoms with van der Waals surface area (Å²) in [5, 5.41) is 2.65. The number of nitrogens with one attached hydrogen (secondary N) is 2. The number of carbonyl (C=O) groups is 1. The van der Waals surface area contributed by atoms with Crippen molar-refractivity contribution in [3.05, 3.63) is 70.3 Å². The summed E-state index contributed by atoms with van der Waals surface area (Å²) in [5.41, 5.74) is 8.09. The van der Waals surface area contributed by atoms with E-state index in [-0.39, 0.29) is 23.0 Å². The SMILES string of the molecule is CC(C)(C)c1ccc(C(=O)Nc2cc(-c3ccnc(N)n3)c[nH]c2=O)cc1. The fourth-order valence-electron chi connectivity index (χ4n) is 2.58. The summed E-state index contributed by atoms with van der Waals surface area (Å²) in [6, 6.07) is 10.6. The molecule has 3 rings (SSSR count). The molecule has 0 aliphatic heterocycles. The van der Waals surface area contributed by atoms with Gasteiger partial charge in [0.05, 0.1) is 5.69 Å². The van der Waals surface area contributed by atoms with Gasteiger partial charge in [0.2, 0.25) is 5.95 Å². The molecule has 2 heterocycles. The van der Waals surface area contributed by atoms with Gasteiger partial charge in [-0.05, 0) is 35.2 Å². The van der Waals surface area contributed by atoms with Crippen LogP contribution in [0.15, 0.2) is 53.6 Å². The number of anilines is 2. The van der Waals surface area contributed by atoms with Crippen LogP contribution < -0.4 is 16.6 Å². The number of pyridine rings is 1. The molecule has 7 heteroatoms. The molecule has 1 aromatic carbocycles. The van der Waals surface area contributed by atoms with Crippen molar-refractivity contribution in [2.24, 2.45) is 0 Å². The number of carbonyl (C=O) groups excluding carboxylic acids is 1. The molecular weight excluding hydrogens is 342 g/mol. The van der Waals surface area contributed by atoms with Gasteiger partial charge in [-0.1, -0.05) is 32.9 Å². The van der Waals surface area contributed by atoms with Crippen LogP contribution in [0.1, 0.15) is 36.7 Å². The van der Waals surface area contributed by atoms with Crippen molar-refractivity contribution in [2.45, 2.75) is 26.2 Å². The fraction of sp³-hybridized carbons (Fsp3) is 0.200. The third-order valence-corrected chi connectivity index (χ3v) is 4.13. The summed E-state index contributed by atoms with van der Waals surface area (Å²) in [6.07, 6.45) is 3.04. The predicted octanol–water partition coefficient (Wildman–Crippen LogP) is 2.96. The number of rotatable bonds is 3. The van der Waals surface area contributed by atoms with Gasteiger partial charge < -0.3 is 16.0 Å². The molecule has 1 amide bonds. The van der Waals surface area contributed by atoms with E-state index >= 15 is 0 Å². The average Bonchev–Trinajstić information content (AvgIpc) is 2.63. The molecule has 0 saturated carbocycles. The fourth-order valence-corrected chi connectivity index (χ4v) is 2.58. The second-order valence-corrected chi connectivity index (χ2v) is 7.21. The van der Waals surface area contributed by atoms with E-state index in [1.807, 2.05) is 12.1 Å². The van der Waals surface area contributed by atoms with Crippen molar-refractivity contribution >= 4 is 17.5 Å². The minimum absolute atomic E-state index is 0.000127. The maximum Gasteiger partial charge on any atom is 0.271 e. The molecule has 0 saturated heterocycles. The Balaban J connectivity index is 1.86. The van der Waals surface area contributed by atoms with Crippen LogP contribution in [-0.2, 0) is 5.41 Å². The van der Waals surface area contributed by atoms with Crippen molar-refractivity contribution < 1.29 is 4.79 Å². The largest absolute Gasteiger partial charge is 0.368 e. The molecule has 3 aromatic rings. The highest BCUT2D eigenvalue weighted by Crippen LogP contribution is 2.22. The molecule has 138 valence electrons. The average molecular weight is 363 g/mol. The number of amides is 1. The quantitative estimate of drug-likeness (QED) is 0.662. The van der Waals surface area contributed by atoms with Crippen molar-refractivity contribution in [1.29, 1.82) is 0 Å². The van der Waals surface area contributed by atoms with E-state index in [0.717, 1.165) is 5.56 Å². The summed E-state index contributed by atoms with van der Waals surface area (Å²) in [6.45, 7) is 6.31. The highest BCUT2D eigenvalue weighted by atomic mass is 16.2. The number of hydrogen-bond donors (Lipinski definition) is 3. The molecule has 7 nitrogen and oxygen atoms in total. The van der Waals surface area contributed by atoms with Crippen LogP contribution in [0.3, 0.4) is 0 Å². The maximum absolute atomic E-state index is 12.5. The van der Waals surface area contributed by atoms with Gasteiger partial charge in [-0.25, -0.2) is 9.97 Å². The summed E-state index contributed by atoms with van der Waals surface area (Å²) in [7, 11) is 0. The van der Waals surface area contributed by atoms with Crippen molar-refractivity contribution in [2.75, 3.05) is 11.1 Å². The van der Waals surface area contributed by atoms with E-state index in [2.05, 4.69) is 41.0 Å². The summed E-state index contributed by atoms with van der Waals surface area (Å²) >= 11 is 0. The van der Waals surface area contributed by atoms with Crippen LogP contribution >= 0.6 is 0 Å². The van der Waals surface area contributed by atoms with Gasteiger partial charge in [0.25, 0.3) is 11.5 Å². The smallest absolute Gasteiger partial charge is 0.271 e. The van der Waals surface area contributed by atoms with Gasteiger partial charge in [0.15, 0.2) is 0 Å². The van der Waals surface area contributed by atoms with Gasteiger partial charge in [-0.3, -0.25) is 9.59 Å². The third kappa shape index (κ3) is 4.20. The lowest BCUT2D eigenvalue weighted by atomic mass is 9.87. The molecular formula is C20H21N5O2. The number of nitrogens with zero attached hydrogens (tertiary/aromatic N) is 2. The molecule has 4 N–H and O–H groups in total. The van der Waals surface area contributed by atoms with E-state index < -0.39 is 5.56 Å². The first kappa shape index (κ1) is 18.3. The molecule has 2 aromatic heterocycles. The van der Waals surface area contributed by atoms with E-state index in [0.29, 0.717) is 16.8 Å². The number of benzene rings is 1. The standard InChI is InChI=1S/C20H21N5O2/c1-20(2,3)14-6-4-12(5-7-14)17(26)24-16-10-13(11-23-18(16)27)15-8-9-22-19(21)25-15/h4-11H,1-3H3,(H,23,27)(H,24,26)(H2,21,22,25). The highest BCUT2D eigenvalue weighted by Gasteiger charge is 2.15. The molecule has 0 aliphatic rings. The molecule has 0 bridgehead atoms. The van der Waals surface area contributed by atoms with Crippen LogP contribution in [0, 0.1) is 0 Å². The first-order chi connectivity index (χ1) is 12.7. The van der Waals surface area contributed by atoms with Crippen LogP contribution in [-0.4, -0.2) is 20.9 Å². The van der Waals surface area contributed by atoms with Crippen molar-refractivity contribution in [1.82, 2.24) is 15.0 Å². The molecule has 0 fully saturated rings. The predicted molar refractivity (Wildman–Crippen MR) is 106 cm³/mol. The highest BCUT2D eigenvalue weighted by molar-refractivity contribution is 6.04. The van der Waals surface area contributed by atoms with Crippen LogP contribution in [0.4, 0.5) is 11.6 Å². The Labute approximate surface area is 156 Å². The van der Waals surface area contributed by atoms with Crippen LogP contribution in [0.2, 0.25) is 0 Å². The summed E-state index contributed by atoms with van der Waals surface area (Å²) in [5.74, 6) is -0.233. The lowest BCUT2D eigenvalue weighted by Crippen LogP contribution is -2.20. The zero-order valence-electron chi connectivity index (χ0n) is 15.4. The van der Waals surface area contributed by atoms with Gasteiger partial charge in [-0.15, -0.1) is 0 Å². The normalized spacial score (nSPS) is 11.2. The van der Waals surface area contributed by atoms with Crippen molar-refractivity contribution in [3.8, 4) is 11.3 Å². The van der Waals surface area contributed by atoms with Crippen molar-refractivity contribution in [3.63, 3.8) is 0 Å². The molecule has 0 atom stereocenters. The zero-order chi connectivity index (χ0) is 19.6. The van der Waals surface area contributed by atoms with E-state index in [9.17, 15) is 9.59 Å². The molecule has 0 unspecified atom stereocenters. The number of aromatic nitrogens is 3. The minimum atomic E-state index is -0.402. The Morgan fingerprint density at radius 3 is 2.48 bits per heavy atom.